The lowest BCUT2D eigenvalue weighted by molar-refractivity contribution is 0.477. The van der Waals surface area contributed by atoms with Crippen molar-refractivity contribution in [3.8, 4) is 90.3 Å². The molecule has 8 heteroatoms. The Labute approximate surface area is 451 Å². The number of rotatable bonds is 8. The first-order valence-corrected chi connectivity index (χ1v) is 26.3. The number of imidazole rings is 2. The highest BCUT2D eigenvalue weighted by molar-refractivity contribution is 6.03. The maximum atomic E-state index is 6.41. The van der Waals surface area contributed by atoms with Crippen LogP contribution in [-0.4, -0.2) is 19.1 Å². The van der Waals surface area contributed by atoms with Crippen molar-refractivity contribution in [1.82, 2.24) is 19.1 Å². The molecule has 0 amide bonds. The summed E-state index contributed by atoms with van der Waals surface area (Å²) in [6, 6.07) is 90.0. The Morgan fingerprint density at radius 1 is 0.282 bits per heavy atom. The maximum Gasteiger partial charge on any atom is 0.151 e. The average molecular weight is 1010 g/mol. The molecule has 0 unspecified atom stereocenters. The first-order valence-electron chi connectivity index (χ1n) is 26.3. The Bertz CT molecular complexity index is 4080. The van der Waals surface area contributed by atoms with Crippen LogP contribution in [0.25, 0.3) is 89.4 Å². The molecule has 370 valence electrons. The summed E-state index contributed by atoms with van der Waals surface area (Å²) in [6.45, 7) is 0. The molecule has 2 aliphatic rings. The van der Waals surface area contributed by atoms with Crippen LogP contribution >= 0.6 is 0 Å². The summed E-state index contributed by atoms with van der Waals surface area (Å²) in [6.07, 6.45) is 0. The lowest BCUT2D eigenvalue weighted by Gasteiger charge is -2.33. The van der Waals surface area contributed by atoms with Crippen LogP contribution in [0.5, 0.6) is 23.0 Å². The Kier molecular flexibility index (Phi) is 10.5. The van der Waals surface area contributed by atoms with Crippen molar-refractivity contribution in [2.75, 3.05) is 9.80 Å². The van der Waals surface area contributed by atoms with Crippen LogP contribution in [0.3, 0.4) is 0 Å². The van der Waals surface area contributed by atoms with Gasteiger partial charge in [0, 0.05) is 36.6 Å². The van der Waals surface area contributed by atoms with Crippen LogP contribution in [0, 0.1) is 0 Å². The summed E-state index contributed by atoms with van der Waals surface area (Å²) in [5, 5.41) is 0. The van der Waals surface area contributed by atoms with Gasteiger partial charge in [-0.1, -0.05) is 158 Å². The number of nitrogens with zero attached hydrogens (tertiary/aromatic N) is 6. The van der Waals surface area contributed by atoms with Crippen molar-refractivity contribution in [3.63, 3.8) is 0 Å². The van der Waals surface area contributed by atoms with E-state index in [1.807, 2.05) is 60.7 Å². The number of anilines is 6. The molecule has 0 spiro atoms. The molecule has 0 atom stereocenters. The first kappa shape index (κ1) is 45.0. The third-order valence-electron chi connectivity index (χ3n) is 15.4. The molecule has 2 aliphatic heterocycles. The zero-order valence-corrected chi connectivity index (χ0v) is 42.7. The molecule has 8 nitrogen and oxygen atoms in total. The fourth-order valence-corrected chi connectivity index (χ4v) is 11.6. The molecule has 0 fully saturated rings. The van der Waals surface area contributed by atoms with E-state index in [9.17, 15) is 0 Å². The molecule has 0 bridgehead atoms. The minimum absolute atomic E-state index is 0.819. The molecule has 0 saturated heterocycles. The highest BCUT2D eigenvalue weighted by Gasteiger charge is 2.28. The number of ether oxygens (including phenoxy) is 2. The van der Waals surface area contributed by atoms with Gasteiger partial charge in [-0.05, 0) is 142 Å². The van der Waals surface area contributed by atoms with E-state index in [2.05, 4.69) is 227 Å². The van der Waals surface area contributed by atoms with E-state index in [-0.39, 0.29) is 0 Å². The van der Waals surface area contributed by atoms with Gasteiger partial charge in [0.1, 0.15) is 11.6 Å². The fourth-order valence-electron chi connectivity index (χ4n) is 11.6. The van der Waals surface area contributed by atoms with Crippen molar-refractivity contribution in [3.05, 3.63) is 255 Å². The fraction of sp³-hybridized carbons (Fsp3) is 0.0286. The zero-order chi connectivity index (χ0) is 51.8. The Hall–Kier alpha value is -10.4. The highest BCUT2D eigenvalue weighted by atomic mass is 16.5. The van der Waals surface area contributed by atoms with Crippen molar-refractivity contribution in [1.29, 1.82) is 0 Å². The summed E-state index contributed by atoms with van der Waals surface area (Å²) in [5.74, 6) is 5.11. The lowest BCUT2D eigenvalue weighted by Crippen LogP contribution is -2.15. The van der Waals surface area contributed by atoms with Gasteiger partial charge in [-0.25, -0.2) is 9.97 Å². The molecule has 15 rings (SSSR count). The van der Waals surface area contributed by atoms with E-state index in [1.165, 1.54) is 0 Å². The van der Waals surface area contributed by atoms with Gasteiger partial charge >= 0.3 is 0 Å². The van der Waals surface area contributed by atoms with Gasteiger partial charge in [0.15, 0.2) is 23.0 Å². The van der Waals surface area contributed by atoms with Gasteiger partial charge in [-0.3, -0.25) is 0 Å². The van der Waals surface area contributed by atoms with Crippen LogP contribution in [0.15, 0.2) is 255 Å². The molecule has 2 aromatic heterocycles. The van der Waals surface area contributed by atoms with Crippen molar-refractivity contribution >= 4 is 56.2 Å². The van der Waals surface area contributed by atoms with Crippen LogP contribution in [0.4, 0.5) is 34.1 Å². The molecule has 0 aliphatic carbocycles. The molecular formula is C70H48N6O2. The van der Waals surface area contributed by atoms with Gasteiger partial charge in [-0.15, -0.1) is 0 Å². The van der Waals surface area contributed by atoms with Gasteiger partial charge in [0.05, 0.1) is 44.8 Å². The predicted molar refractivity (Wildman–Crippen MR) is 317 cm³/mol. The summed E-state index contributed by atoms with van der Waals surface area (Å²) in [4.78, 5) is 14.8. The first-order chi connectivity index (χ1) is 38.5. The van der Waals surface area contributed by atoms with Crippen LogP contribution in [-0.2, 0) is 14.1 Å². The average Bonchev–Trinajstić information content (AvgIpc) is 4.08. The number of hydrogen-bond donors (Lipinski definition) is 0. The molecule has 0 saturated carbocycles. The Morgan fingerprint density at radius 2 is 0.577 bits per heavy atom. The van der Waals surface area contributed by atoms with Gasteiger partial charge in [0.25, 0.3) is 0 Å². The van der Waals surface area contributed by atoms with Gasteiger partial charge in [0.2, 0.25) is 0 Å². The van der Waals surface area contributed by atoms with Crippen LogP contribution in [0.1, 0.15) is 0 Å². The van der Waals surface area contributed by atoms with Crippen molar-refractivity contribution in [2.24, 2.45) is 14.1 Å². The summed E-state index contributed by atoms with van der Waals surface area (Å²) in [5.41, 5.74) is 21.1. The van der Waals surface area contributed by atoms with Gasteiger partial charge < -0.3 is 28.4 Å². The van der Waals surface area contributed by atoms with E-state index < -0.39 is 0 Å². The third-order valence-corrected chi connectivity index (χ3v) is 15.4. The quantitative estimate of drug-likeness (QED) is 0.151. The number of hydrogen-bond acceptors (Lipinski definition) is 6. The normalized spacial score (nSPS) is 12.4. The second-order valence-electron chi connectivity index (χ2n) is 19.9. The second-order valence-corrected chi connectivity index (χ2v) is 19.9. The van der Waals surface area contributed by atoms with Crippen LogP contribution < -0.4 is 19.3 Å². The second kappa shape index (κ2) is 18.1. The predicted octanol–water partition coefficient (Wildman–Crippen LogP) is 18.6. The molecule has 11 aromatic carbocycles. The van der Waals surface area contributed by atoms with E-state index >= 15 is 0 Å². The van der Waals surface area contributed by atoms with E-state index in [1.54, 1.807) is 0 Å². The van der Waals surface area contributed by atoms with E-state index in [4.69, 9.17) is 19.4 Å². The third kappa shape index (κ3) is 7.37. The lowest BCUT2D eigenvalue weighted by atomic mass is 9.82. The van der Waals surface area contributed by atoms with Gasteiger partial charge in [-0.2, -0.15) is 0 Å². The Morgan fingerprint density at radius 3 is 0.923 bits per heavy atom. The topological polar surface area (TPSA) is 60.6 Å². The summed E-state index contributed by atoms with van der Waals surface area (Å²) < 4.78 is 17.2. The summed E-state index contributed by atoms with van der Waals surface area (Å²) >= 11 is 0. The maximum absolute atomic E-state index is 6.41. The van der Waals surface area contributed by atoms with Crippen molar-refractivity contribution < 1.29 is 9.47 Å². The number of fused-ring (bicyclic) bond motifs is 6. The smallest absolute Gasteiger partial charge is 0.151 e. The minimum atomic E-state index is 0.819. The zero-order valence-electron chi connectivity index (χ0n) is 42.7. The largest absolute Gasteiger partial charge is 0.453 e. The molecule has 78 heavy (non-hydrogen) atoms. The molecule has 4 heterocycles. The van der Waals surface area contributed by atoms with E-state index in [0.29, 0.717) is 0 Å². The molecule has 0 radical (unpaired) electrons. The number of benzene rings is 11. The van der Waals surface area contributed by atoms with Crippen molar-refractivity contribution in [2.45, 2.75) is 0 Å². The summed E-state index contributed by atoms with van der Waals surface area (Å²) in [7, 11) is 4.18. The number of para-hydroxylation sites is 12. The monoisotopic (exact) mass is 1000 g/mol. The SMILES string of the molecule is Cn1c(-c2ccc(-c3c(-c4ccc(N5c6ccccc6Oc6ccccc65)cc4)ccc(-c4ccc(N5c6ccccc6Oc6ccccc65)cc4)c3-c3ccc(-c4nc5ccccc5n4C)cc3)cc2)nc2ccccc21. The Balaban J connectivity index is 0.922. The number of aromatic nitrogens is 4. The standard InChI is InChI=1S/C70H48N6O2/c1-73-57-17-5-3-15-55(57)71-69(73)49-31-27-47(28-32-49)67-53(45-35-39-51(40-36-45)75-59-19-7-11-23-63(59)77-64-24-12-8-20-60(64)75)43-44-54(68(67)48-29-33-50(34-30-48)70-72-56-16-4-6-18-58(56)74(70)2)46-37-41-52(42-38-46)76-61-21-9-13-25-65(61)78-66-26-14-10-22-62(66)76/h3-44H,1-2H3. The molecule has 13 aromatic rings. The number of aryl methyl sites for hydroxylation is 2. The molecular weight excluding hydrogens is 957 g/mol. The van der Waals surface area contributed by atoms with E-state index in [0.717, 1.165) is 146 Å². The minimum Gasteiger partial charge on any atom is -0.453 e. The van der Waals surface area contributed by atoms with Crippen LogP contribution in [0.2, 0.25) is 0 Å². The highest BCUT2D eigenvalue weighted by Crippen LogP contribution is 2.53. The molecule has 0 N–H and O–H groups in total.